The molecule has 0 amide bonds. The fourth-order valence-corrected chi connectivity index (χ4v) is 4.70. The standard InChI is InChI=1S/C26H25ClFN7O2/c1-2-36-24-16(11-19(27)22(28)21(24)17-6-7-18(12-29)31-13-17)8-9-30-25-23-26(33-14-32-25)35(15-34-23)20-5-3-4-10-37-20/h6-7,11,13-15,20H,2-5,8-10H2,1H3,(H,30,32,33). The first-order valence-electron chi connectivity index (χ1n) is 12.1. The first-order valence-corrected chi connectivity index (χ1v) is 12.5. The Morgan fingerprint density at radius 1 is 1.27 bits per heavy atom. The van der Waals surface area contributed by atoms with Crippen LogP contribution in [0.15, 0.2) is 37.1 Å². The van der Waals surface area contributed by atoms with Crippen molar-refractivity contribution in [1.82, 2.24) is 24.5 Å². The van der Waals surface area contributed by atoms with Gasteiger partial charge in [0.15, 0.2) is 22.8 Å². The van der Waals surface area contributed by atoms with E-state index in [9.17, 15) is 0 Å². The predicted octanol–water partition coefficient (Wildman–Crippen LogP) is 5.30. The number of benzene rings is 1. The van der Waals surface area contributed by atoms with Gasteiger partial charge in [0.25, 0.3) is 0 Å². The summed E-state index contributed by atoms with van der Waals surface area (Å²) in [6, 6.07) is 6.71. The molecule has 4 heterocycles. The Morgan fingerprint density at radius 3 is 2.89 bits per heavy atom. The molecule has 1 fully saturated rings. The Bertz CT molecular complexity index is 1450. The molecule has 0 aliphatic carbocycles. The van der Waals surface area contributed by atoms with E-state index in [1.807, 2.05) is 17.6 Å². The summed E-state index contributed by atoms with van der Waals surface area (Å²) >= 11 is 6.28. The number of pyridine rings is 1. The lowest BCUT2D eigenvalue weighted by atomic mass is 9.99. The number of nitriles is 1. The largest absolute Gasteiger partial charge is 0.493 e. The summed E-state index contributed by atoms with van der Waals surface area (Å²) in [4.78, 5) is 17.4. The first-order chi connectivity index (χ1) is 18.1. The third-order valence-electron chi connectivity index (χ3n) is 6.22. The lowest BCUT2D eigenvalue weighted by Crippen LogP contribution is -2.17. The number of hydrogen-bond donors (Lipinski definition) is 1. The minimum Gasteiger partial charge on any atom is -0.493 e. The van der Waals surface area contributed by atoms with Gasteiger partial charge in [0.2, 0.25) is 0 Å². The van der Waals surface area contributed by atoms with Crippen molar-refractivity contribution in [3.8, 4) is 22.9 Å². The molecule has 9 nitrogen and oxygen atoms in total. The van der Waals surface area contributed by atoms with E-state index in [4.69, 9.17) is 26.3 Å². The van der Waals surface area contributed by atoms with Crippen molar-refractivity contribution in [2.24, 2.45) is 0 Å². The first kappa shape index (κ1) is 24.9. The van der Waals surface area contributed by atoms with Crippen LogP contribution in [-0.4, -0.2) is 44.3 Å². The van der Waals surface area contributed by atoms with Crippen LogP contribution in [0.3, 0.4) is 0 Å². The fourth-order valence-electron chi connectivity index (χ4n) is 4.47. The third kappa shape index (κ3) is 5.05. The minimum absolute atomic E-state index is 0.0199. The number of aromatic nitrogens is 5. The molecule has 0 spiro atoms. The molecule has 1 saturated heterocycles. The van der Waals surface area contributed by atoms with Crippen LogP contribution in [0, 0.1) is 17.1 Å². The minimum atomic E-state index is -0.596. The molecule has 37 heavy (non-hydrogen) atoms. The number of nitrogens with zero attached hydrogens (tertiary/aromatic N) is 6. The van der Waals surface area contributed by atoms with E-state index in [0.29, 0.717) is 47.9 Å². The summed E-state index contributed by atoms with van der Waals surface area (Å²) in [7, 11) is 0. The van der Waals surface area contributed by atoms with Crippen LogP contribution in [0.5, 0.6) is 5.75 Å². The van der Waals surface area contributed by atoms with Gasteiger partial charge in [0.1, 0.15) is 30.1 Å². The fraction of sp³-hybridized carbons (Fsp3) is 0.346. The molecule has 1 aromatic carbocycles. The number of halogens is 2. The van der Waals surface area contributed by atoms with Crippen LogP contribution in [0.4, 0.5) is 10.2 Å². The second-order valence-electron chi connectivity index (χ2n) is 8.56. The van der Waals surface area contributed by atoms with Gasteiger partial charge in [-0.2, -0.15) is 5.26 Å². The summed E-state index contributed by atoms with van der Waals surface area (Å²) < 4.78 is 28.9. The molecule has 11 heteroatoms. The number of hydrogen-bond acceptors (Lipinski definition) is 8. The predicted molar refractivity (Wildman–Crippen MR) is 137 cm³/mol. The smallest absolute Gasteiger partial charge is 0.167 e. The van der Waals surface area contributed by atoms with Gasteiger partial charge in [0, 0.05) is 24.9 Å². The lowest BCUT2D eigenvalue weighted by molar-refractivity contribution is -0.0298. The van der Waals surface area contributed by atoms with E-state index < -0.39 is 5.82 Å². The monoisotopic (exact) mass is 521 g/mol. The van der Waals surface area contributed by atoms with Gasteiger partial charge in [-0.05, 0) is 56.4 Å². The Balaban J connectivity index is 1.40. The van der Waals surface area contributed by atoms with Crippen molar-refractivity contribution >= 4 is 28.6 Å². The molecule has 0 radical (unpaired) electrons. The topological polar surface area (TPSA) is 111 Å². The number of imidazole rings is 1. The molecule has 1 aliphatic rings. The maximum Gasteiger partial charge on any atom is 0.167 e. The third-order valence-corrected chi connectivity index (χ3v) is 6.49. The van der Waals surface area contributed by atoms with Crippen molar-refractivity contribution in [3.63, 3.8) is 0 Å². The van der Waals surface area contributed by atoms with Crippen LogP contribution < -0.4 is 10.1 Å². The molecule has 1 N–H and O–H groups in total. The van der Waals surface area contributed by atoms with Crippen LogP contribution in [0.1, 0.15) is 43.7 Å². The zero-order valence-electron chi connectivity index (χ0n) is 20.2. The van der Waals surface area contributed by atoms with Gasteiger partial charge in [-0.1, -0.05) is 11.6 Å². The molecule has 1 atom stereocenters. The second kappa shape index (κ2) is 11.1. The van der Waals surface area contributed by atoms with E-state index in [-0.39, 0.29) is 22.5 Å². The highest BCUT2D eigenvalue weighted by atomic mass is 35.5. The average Bonchev–Trinajstić information content (AvgIpc) is 3.37. The Kier molecular flexibility index (Phi) is 7.44. The van der Waals surface area contributed by atoms with E-state index in [1.165, 1.54) is 18.6 Å². The highest BCUT2D eigenvalue weighted by Gasteiger charge is 2.22. The van der Waals surface area contributed by atoms with Gasteiger partial charge in [0.05, 0.1) is 23.5 Å². The van der Waals surface area contributed by atoms with Crippen LogP contribution in [0.25, 0.3) is 22.3 Å². The quantitative estimate of drug-likeness (QED) is 0.332. The summed E-state index contributed by atoms with van der Waals surface area (Å²) in [5.41, 5.74) is 3.03. The molecular formula is C26H25ClFN7O2. The number of fused-ring (bicyclic) bond motifs is 1. The van der Waals surface area contributed by atoms with Crippen molar-refractivity contribution in [2.75, 3.05) is 25.1 Å². The number of ether oxygens (including phenoxy) is 2. The maximum absolute atomic E-state index is 15.2. The van der Waals surface area contributed by atoms with Crippen LogP contribution in [-0.2, 0) is 11.2 Å². The number of rotatable bonds is 8. The van der Waals surface area contributed by atoms with E-state index in [0.717, 1.165) is 31.4 Å². The van der Waals surface area contributed by atoms with Crippen molar-refractivity contribution in [2.45, 2.75) is 38.8 Å². The molecule has 3 aromatic heterocycles. The number of anilines is 1. The summed E-state index contributed by atoms with van der Waals surface area (Å²) in [6.45, 7) is 3.36. The van der Waals surface area contributed by atoms with Gasteiger partial charge in [-0.25, -0.2) is 24.3 Å². The SMILES string of the molecule is CCOc1c(CCNc2ncnc3c2ncn3C2CCCCO2)cc(Cl)c(F)c1-c1ccc(C#N)nc1. The van der Waals surface area contributed by atoms with Gasteiger partial charge < -0.3 is 14.8 Å². The zero-order chi connectivity index (χ0) is 25.8. The van der Waals surface area contributed by atoms with Gasteiger partial charge in [-0.3, -0.25) is 4.57 Å². The van der Waals surface area contributed by atoms with E-state index >= 15 is 4.39 Å². The average molecular weight is 522 g/mol. The summed E-state index contributed by atoms with van der Waals surface area (Å²) in [6.07, 6.45) is 8.17. The molecule has 5 rings (SSSR count). The number of nitrogens with one attached hydrogen (secondary N) is 1. The zero-order valence-corrected chi connectivity index (χ0v) is 21.0. The second-order valence-corrected chi connectivity index (χ2v) is 8.96. The maximum atomic E-state index is 15.2. The Hall–Kier alpha value is -3.81. The van der Waals surface area contributed by atoms with Crippen molar-refractivity contribution in [3.05, 3.63) is 59.1 Å². The molecule has 4 aromatic rings. The molecule has 0 bridgehead atoms. The Morgan fingerprint density at radius 2 is 2.16 bits per heavy atom. The van der Waals surface area contributed by atoms with E-state index in [2.05, 4.69) is 25.3 Å². The molecular weight excluding hydrogens is 497 g/mol. The van der Waals surface area contributed by atoms with Crippen molar-refractivity contribution in [1.29, 1.82) is 5.26 Å². The molecule has 190 valence electrons. The van der Waals surface area contributed by atoms with Gasteiger partial charge in [-0.15, -0.1) is 0 Å². The van der Waals surface area contributed by atoms with Crippen LogP contribution >= 0.6 is 11.6 Å². The molecule has 1 aliphatic heterocycles. The lowest BCUT2D eigenvalue weighted by Gasteiger charge is -2.23. The van der Waals surface area contributed by atoms with E-state index in [1.54, 1.807) is 18.5 Å². The summed E-state index contributed by atoms with van der Waals surface area (Å²) in [5, 5.41) is 12.3. The van der Waals surface area contributed by atoms with Crippen molar-refractivity contribution < 1.29 is 13.9 Å². The molecule has 1 unspecified atom stereocenters. The highest BCUT2D eigenvalue weighted by molar-refractivity contribution is 6.31. The van der Waals surface area contributed by atoms with Crippen LogP contribution in [0.2, 0.25) is 5.02 Å². The Labute approximate surface area is 218 Å². The summed E-state index contributed by atoms with van der Waals surface area (Å²) in [5.74, 6) is 0.396. The van der Waals surface area contributed by atoms with Gasteiger partial charge >= 0.3 is 0 Å². The highest BCUT2D eigenvalue weighted by Crippen LogP contribution is 2.39. The normalized spacial score (nSPS) is 15.5. The molecule has 0 saturated carbocycles.